The van der Waals surface area contributed by atoms with E-state index in [1.807, 2.05) is 62.4 Å². The molecule has 0 heterocycles. The average molecular weight is 378 g/mol. The molecule has 0 aromatic heterocycles. The number of halogens is 1. The van der Waals surface area contributed by atoms with Crippen LogP contribution >= 0.6 is 23.4 Å². The van der Waals surface area contributed by atoms with E-state index in [0.29, 0.717) is 13.0 Å². The lowest BCUT2D eigenvalue weighted by molar-refractivity contribution is -0.127. The molecule has 1 atom stereocenters. The largest absolute Gasteiger partial charge is 0.481 e. The second-order valence-corrected chi connectivity index (χ2v) is 7.34. The van der Waals surface area contributed by atoms with Gasteiger partial charge in [-0.25, -0.2) is 0 Å². The maximum Gasteiger partial charge on any atom is 0.261 e. The quantitative estimate of drug-likeness (QED) is 0.634. The Labute approximate surface area is 159 Å². The van der Waals surface area contributed by atoms with Crippen molar-refractivity contribution < 1.29 is 9.53 Å². The summed E-state index contributed by atoms with van der Waals surface area (Å²) in [6.45, 7) is 4.59. The highest BCUT2D eigenvalue weighted by Crippen LogP contribution is 2.16. The van der Waals surface area contributed by atoms with Crippen LogP contribution < -0.4 is 10.1 Å². The van der Waals surface area contributed by atoms with Crippen molar-refractivity contribution >= 4 is 29.3 Å². The van der Waals surface area contributed by atoms with Gasteiger partial charge in [0.1, 0.15) is 5.75 Å². The molecule has 0 radical (unpaired) electrons. The smallest absolute Gasteiger partial charge is 0.261 e. The highest BCUT2D eigenvalue weighted by molar-refractivity contribution is 7.98. The maximum absolute atomic E-state index is 12.3. The number of nitrogens with one attached hydrogen (secondary N) is 1. The Morgan fingerprint density at radius 3 is 2.68 bits per heavy atom. The summed E-state index contributed by atoms with van der Waals surface area (Å²) in [6.07, 6.45) is 0.181. The van der Waals surface area contributed by atoms with Gasteiger partial charge in [-0.15, -0.1) is 0 Å². The van der Waals surface area contributed by atoms with Crippen LogP contribution in [0.4, 0.5) is 0 Å². The Morgan fingerprint density at radius 1 is 1.24 bits per heavy atom. The molecular formula is C20H24ClNO2S. The van der Waals surface area contributed by atoms with E-state index in [4.69, 9.17) is 16.3 Å². The highest BCUT2D eigenvalue weighted by atomic mass is 35.5. The van der Waals surface area contributed by atoms with Gasteiger partial charge in [-0.05, 0) is 48.7 Å². The van der Waals surface area contributed by atoms with Gasteiger partial charge in [-0.1, -0.05) is 42.8 Å². The van der Waals surface area contributed by atoms with E-state index in [1.165, 1.54) is 5.56 Å². The van der Waals surface area contributed by atoms with Crippen LogP contribution in [-0.4, -0.2) is 24.3 Å². The molecule has 1 N–H and O–H groups in total. The van der Waals surface area contributed by atoms with Crippen molar-refractivity contribution in [2.45, 2.75) is 32.1 Å². The monoisotopic (exact) mass is 377 g/mol. The van der Waals surface area contributed by atoms with Gasteiger partial charge < -0.3 is 10.1 Å². The van der Waals surface area contributed by atoms with Gasteiger partial charge in [0.25, 0.3) is 5.91 Å². The molecule has 134 valence electrons. The van der Waals surface area contributed by atoms with Crippen LogP contribution in [-0.2, 0) is 10.5 Å². The Morgan fingerprint density at radius 2 is 2.00 bits per heavy atom. The van der Waals surface area contributed by atoms with Crippen LogP contribution in [0.5, 0.6) is 5.75 Å². The number of aryl methyl sites for hydroxylation is 1. The topological polar surface area (TPSA) is 38.3 Å². The van der Waals surface area contributed by atoms with Crippen molar-refractivity contribution in [3.05, 3.63) is 64.7 Å². The Bertz CT molecular complexity index is 676. The number of rotatable bonds is 9. The van der Waals surface area contributed by atoms with Crippen LogP contribution in [0.15, 0.2) is 48.5 Å². The number of benzene rings is 2. The van der Waals surface area contributed by atoms with Crippen LogP contribution in [0.1, 0.15) is 24.5 Å². The molecule has 3 nitrogen and oxygen atoms in total. The van der Waals surface area contributed by atoms with E-state index in [0.717, 1.165) is 27.8 Å². The molecule has 2 aromatic carbocycles. The van der Waals surface area contributed by atoms with E-state index < -0.39 is 6.10 Å². The minimum Gasteiger partial charge on any atom is -0.481 e. The predicted octanol–water partition coefficient (Wildman–Crippen LogP) is 4.86. The molecule has 0 saturated carbocycles. The molecule has 0 aliphatic carbocycles. The number of carbonyl (C=O) groups is 1. The first-order chi connectivity index (χ1) is 12.1. The molecule has 0 bridgehead atoms. The van der Waals surface area contributed by atoms with Gasteiger partial charge in [0, 0.05) is 23.1 Å². The molecule has 25 heavy (non-hydrogen) atoms. The molecule has 0 unspecified atom stereocenters. The number of ether oxygens (including phenoxy) is 1. The first kappa shape index (κ1) is 19.7. The van der Waals surface area contributed by atoms with Crippen molar-refractivity contribution in [3.8, 4) is 5.75 Å². The molecule has 0 spiro atoms. The zero-order valence-electron chi connectivity index (χ0n) is 14.6. The second kappa shape index (κ2) is 10.4. The van der Waals surface area contributed by atoms with Crippen molar-refractivity contribution in [1.29, 1.82) is 0 Å². The predicted molar refractivity (Wildman–Crippen MR) is 107 cm³/mol. The number of hydrogen-bond donors (Lipinski definition) is 1. The SMILES string of the molecule is CC[C@@H](Oc1cccc(C)c1)C(=O)NCCSCc1ccc(Cl)cc1. The summed E-state index contributed by atoms with van der Waals surface area (Å²) >= 11 is 7.65. The fourth-order valence-corrected chi connectivity index (χ4v) is 3.25. The normalized spacial score (nSPS) is 11.8. The molecular weight excluding hydrogens is 354 g/mol. The summed E-state index contributed by atoms with van der Waals surface area (Å²) in [5.41, 5.74) is 2.35. The first-order valence-corrected chi connectivity index (χ1v) is 9.95. The van der Waals surface area contributed by atoms with Crippen molar-refractivity contribution in [3.63, 3.8) is 0 Å². The fraction of sp³-hybridized carbons (Fsp3) is 0.350. The second-order valence-electron chi connectivity index (χ2n) is 5.80. The standard InChI is InChI=1S/C20H24ClNO2S/c1-3-19(24-18-6-4-5-15(2)13-18)20(23)22-11-12-25-14-16-7-9-17(21)10-8-16/h4-10,13,19H,3,11-12,14H2,1-2H3,(H,22,23)/t19-/m1/s1. The Balaban J connectivity index is 1.69. The third-order valence-electron chi connectivity index (χ3n) is 3.66. The minimum atomic E-state index is -0.455. The highest BCUT2D eigenvalue weighted by Gasteiger charge is 2.17. The van der Waals surface area contributed by atoms with Crippen molar-refractivity contribution in [2.75, 3.05) is 12.3 Å². The fourth-order valence-electron chi connectivity index (χ4n) is 2.31. The summed E-state index contributed by atoms with van der Waals surface area (Å²) in [4.78, 5) is 12.3. The molecule has 0 fully saturated rings. The lowest BCUT2D eigenvalue weighted by Gasteiger charge is -2.17. The number of carbonyl (C=O) groups excluding carboxylic acids is 1. The summed E-state index contributed by atoms with van der Waals surface area (Å²) in [7, 11) is 0. The molecule has 0 aliphatic rings. The molecule has 2 aromatic rings. The van der Waals surface area contributed by atoms with Gasteiger partial charge in [-0.3, -0.25) is 4.79 Å². The molecule has 1 amide bonds. The summed E-state index contributed by atoms with van der Waals surface area (Å²) in [6, 6.07) is 15.6. The van der Waals surface area contributed by atoms with Gasteiger partial charge in [0.2, 0.25) is 0 Å². The van der Waals surface area contributed by atoms with Crippen molar-refractivity contribution in [2.24, 2.45) is 0 Å². The van der Waals surface area contributed by atoms with Crippen LogP contribution in [0.2, 0.25) is 5.02 Å². The Hall–Kier alpha value is -1.65. The van der Waals surface area contributed by atoms with Gasteiger partial charge >= 0.3 is 0 Å². The zero-order chi connectivity index (χ0) is 18.1. The lowest BCUT2D eigenvalue weighted by Crippen LogP contribution is -2.39. The van der Waals surface area contributed by atoms with Crippen LogP contribution in [0, 0.1) is 6.92 Å². The molecule has 0 saturated heterocycles. The van der Waals surface area contributed by atoms with E-state index in [9.17, 15) is 4.79 Å². The summed E-state index contributed by atoms with van der Waals surface area (Å²) < 4.78 is 5.81. The van der Waals surface area contributed by atoms with E-state index in [1.54, 1.807) is 11.8 Å². The van der Waals surface area contributed by atoms with Crippen molar-refractivity contribution in [1.82, 2.24) is 5.32 Å². The van der Waals surface area contributed by atoms with Crippen LogP contribution in [0.25, 0.3) is 0 Å². The molecule has 2 rings (SSSR count). The van der Waals surface area contributed by atoms with Gasteiger partial charge in [-0.2, -0.15) is 11.8 Å². The third-order valence-corrected chi connectivity index (χ3v) is 4.94. The zero-order valence-corrected chi connectivity index (χ0v) is 16.2. The number of thioether (sulfide) groups is 1. The van der Waals surface area contributed by atoms with Gasteiger partial charge in [0.15, 0.2) is 6.10 Å². The summed E-state index contributed by atoms with van der Waals surface area (Å²) in [5, 5.41) is 3.71. The van der Waals surface area contributed by atoms with E-state index in [-0.39, 0.29) is 5.91 Å². The molecule has 0 aliphatic heterocycles. The number of hydrogen-bond acceptors (Lipinski definition) is 3. The first-order valence-electron chi connectivity index (χ1n) is 8.41. The average Bonchev–Trinajstić information content (AvgIpc) is 2.61. The van der Waals surface area contributed by atoms with E-state index in [2.05, 4.69) is 5.32 Å². The lowest BCUT2D eigenvalue weighted by atomic mass is 10.2. The van der Waals surface area contributed by atoms with E-state index >= 15 is 0 Å². The summed E-state index contributed by atoms with van der Waals surface area (Å²) in [5.74, 6) is 2.44. The van der Waals surface area contributed by atoms with Gasteiger partial charge in [0.05, 0.1) is 0 Å². The van der Waals surface area contributed by atoms with Crippen LogP contribution in [0.3, 0.4) is 0 Å². The molecule has 5 heteroatoms. The Kier molecular flexibility index (Phi) is 8.16. The number of amides is 1. The minimum absolute atomic E-state index is 0.0592. The maximum atomic E-state index is 12.3. The third kappa shape index (κ3) is 7.00.